The second kappa shape index (κ2) is 3.60. The van der Waals surface area contributed by atoms with Crippen molar-refractivity contribution in [1.82, 2.24) is 5.32 Å². The molecule has 0 heterocycles. The molecule has 0 aromatic heterocycles. The summed E-state index contributed by atoms with van der Waals surface area (Å²) in [5.41, 5.74) is 0. The number of nitrogens with one attached hydrogen (secondary N) is 1. The third-order valence-corrected chi connectivity index (χ3v) is 1.14. The van der Waals surface area contributed by atoms with Gasteiger partial charge in [0.2, 0.25) is 0 Å². The molecule has 0 saturated heterocycles. The minimum absolute atomic E-state index is 0.375. The highest BCUT2D eigenvalue weighted by molar-refractivity contribution is 7.85. The Morgan fingerprint density at radius 2 is 2.22 bits per heavy atom. The van der Waals surface area contributed by atoms with E-state index >= 15 is 0 Å². The van der Waals surface area contributed by atoms with Crippen molar-refractivity contribution in [1.29, 1.82) is 0 Å². The fraction of sp³-hybridized carbons (Fsp3) is 0.500. The zero-order valence-electron chi connectivity index (χ0n) is 4.87. The highest BCUT2D eigenvalue weighted by atomic mass is 32.2. The van der Waals surface area contributed by atoms with Crippen LogP contribution in [0.3, 0.4) is 0 Å². The predicted molar refractivity (Wildman–Crippen MR) is 34.6 cm³/mol. The van der Waals surface area contributed by atoms with Gasteiger partial charge in [-0.25, -0.2) is 0 Å². The quantitative estimate of drug-likeness (QED) is 0.326. The number of rotatable bonds is 4. The Balaban J connectivity index is 3.40. The average Bonchev–Trinajstić information content (AvgIpc) is 1.63. The summed E-state index contributed by atoms with van der Waals surface area (Å²) in [6.07, 6.45) is 1.51. The molecule has 0 spiro atoms. The number of hydrogen-bond acceptors (Lipinski definition) is 3. The van der Waals surface area contributed by atoms with E-state index in [1.165, 1.54) is 6.08 Å². The van der Waals surface area contributed by atoms with Crippen molar-refractivity contribution in [3.05, 3.63) is 12.7 Å². The first-order valence-corrected chi connectivity index (χ1v) is 3.94. The van der Waals surface area contributed by atoms with Crippen molar-refractivity contribution in [2.24, 2.45) is 0 Å². The predicted octanol–water partition coefficient (Wildman–Crippen LogP) is -0.393. The molecule has 0 saturated carbocycles. The molecule has 5 heteroatoms. The summed E-state index contributed by atoms with van der Waals surface area (Å²) in [5.74, 6) is -0.418. The summed E-state index contributed by atoms with van der Waals surface area (Å²) >= 11 is 0. The second-order valence-corrected chi connectivity index (χ2v) is 2.92. The lowest BCUT2D eigenvalue weighted by Gasteiger charge is -1.94. The maximum Gasteiger partial charge on any atom is 0.278 e. The lowest BCUT2D eigenvalue weighted by Crippen LogP contribution is -2.22. The van der Waals surface area contributed by atoms with Crippen molar-refractivity contribution < 1.29 is 13.0 Å². The smallest absolute Gasteiger partial charge is 0.278 e. The van der Waals surface area contributed by atoms with Gasteiger partial charge >= 0.3 is 0 Å². The molecule has 0 aliphatic carbocycles. The molecular weight excluding hydrogens is 142 g/mol. The van der Waals surface area contributed by atoms with E-state index in [2.05, 4.69) is 11.9 Å². The van der Waals surface area contributed by atoms with Crippen LogP contribution in [0.25, 0.3) is 0 Å². The van der Waals surface area contributed by atoms with Gasteiger partial charge in [-0.3, -0.25) is 9.87 Å². The van der Waals surface area contributed by atoms with E-state index in [1.54, 1.807) is 0 Å². The van der Waals surface area contributed by atoms with Gasteiger partial charge in [0, 0.05) is 6.54 Å². The highest BCUT2D eigenvalue weighted by Gasteiger charge is 1.99. The van der Waals surface area contributed by atoms with Gasteiger partial charge in [0.1, 0.15) is 5.88 Å². The summed E-state index contributed by atoms with van der Waals surface area (Å²) < 4.78 is 28.0. The molecule has 0 radical (unpaired) electrons. The Hall–Kier alpha value is -0.390. The van der Waals surface area contributed by atoms with Gasteiger partial charge in [-0.15, -0.1) is 6.58 Å². The van der Waals surface area contributed by atoms with E-state index in [-0.39, 0.29) is 0 Å². The molecule has 0 amide bonds. The zero-order valence-corrected chi connectivity index (χ0v) is 5.69. The van der Waals surface area contributed by atoms with Gasteiger partial charge in [0.15, 0.2) is 0 Å². The largest absolute Gasteiger partial charge is 0.298 e. The van der Waals surface area contributed by atoms with Gasteiger partial charge in [0.25, 0.3) is 10.1 Å². The maximum absolute atomic E-state index is 9.96. The third-order valence-electron chi connectivity index (χ3n) is 0.573. The maximum atomic E-state index is 9.96. The summed E-state index contributed by atoms with van der Waals surface area (Å²) in [6.45, 7) is 3.72. The summed E-state index contributed by atoms with van der Waals surface area (Å²) in [4.78, 5) is 0. The molecule has 2 N–H and O–H groups in total. The van der Waals surface area contributed by atoms with E-state index in [0.717, 1.165) is 0 Å². The van der Waals surface area contributed by atoms with Gasteiger partial charge in [0.05, 0.1) is 0 Å². The van der Waals surface area contributed by atoms with E-state index in [1.807, 2.05) is 0 Å². The standard InChI is InChI=1S/C4H9NO3S/c1-2-3-5-4-9(6,7)8/h2,5H,1,3-4H2,(H,6,7,8). The molecule has 9 heavy (non-hydrogen) atoms. The third kappa shape index (κ3) is 7.61. The first-order chi connectivity index (χ1) is 4.06. The SMILES string of the molecule is C=CCNCS(=O)(=O)O. The minimum Gasteiger partial charge on any atom is -0.298 e. The minimum atomic E-state index is -3.86. The highest BCUT2D eigenvalue weighted by Crippen LogP contribution is 1.74. The second-order valence-electron chi connectivity index (χ2n) is 1.47. The van der Waals surface area contributed by atoms with Gasteiger partial charge in [-0.2, -0.15) is 8.42 Å². The van der Waals surface area contributed by atoms with Crippen LogP contribution in [-0.2, 0) is 10.1 Å². The fourth-order valence-electron chi connectivity index (χ4n) is 0.290. The van der Waals surface area contributed by atoms with Crippen LogP contribution in [0.1, 0.15) is 0 Å². The lowest BCUT2D eigenvalue weighted by atomic mass is 10.6. The van der Waals surface area contributed by atoms with Crippen LogP contribution in [0.15, 0.2) is 12.7 Å². The summed E-state index contributed by atoms with van der Waals surface area (Å²) in [6, 6.07) is 0. The topological polar surface area (TPSA) is 66.4 Å². The van der Waals surface area contributed by atoms with Gasteiger partial charge in [-0.1, -0.05) is 6.08 Å². The van der Waals surface area contributed by atoms with Crippen molar-refractivity contribution in [2.45, 2.75) is 0 Å². The molecule has 0 bridgehead atoms. The zero-order chi connectivity index (χ0) is 7.33. The van der Waals surface area contributed by atoms with Crippen LogP contribution in [0.4, 0.5) is 0 Å². The lowest BCUT2D eigenvalue weighted by molar-refractivity contribution is 0.478. The normalized spacial score (nSPS) is 11.2. The Morgan fingerprint density at radius 3 is 2.56 bits per heavy atom. The molecule has 0 aromatic rings. The molecule has 0 aromatic carbocycles. The summed E-state index contributed by atoms with van der Waals surface area (Å²) in [7, 11) is -3.86. The van der Waals surface area contributed by atoms with Crippen LogP contribution in [0.2, 0.25) is 0 Å². The molecule has 4 nitrogen and oxygen atoms in total. The molecule has 0 fully saturated rings. The van der Waals surface area contributed by atoms with Crippen molar-refractivity contribution >= 4 is 10.1 Å². The van der Waals surface area contributed by atoms with Crippen LogP contribution >= 0.6 is 0 Å². The Kier molecular flexibility index (Phi) is 3.44. The van der Waals surface area contributed by atoms with E-state index < -0.39 is 16.0 Å². The van der Waals surface area contributed by atoms with Crippen LogP contribution in [0, 0.1) is 0 Å². The molecule has 0 aliphatic rings. The molecule has 0 aliphatic heterocycles. The van der Waals surface area contributed by atoms with Crippen molar-refractivity contribution in [2.75, 3.05) is 12.4 Å². The molecule has 0 atom stereocenters. The number of hydrogen-bond donors (Lipinski definition) is 2. The van der Waals surface area contributed by atoms with Crippen molar-refractivity contribution in [3.8, 4) is 0 Å². The molecule has 54 valence electrons. The van der Waals surface area contributed by atoms with Crippen LogP contribution in [0.5, 0.6) is 0 Å². The van der Waals surface area contributed by atoms with E-state index in [4.69, 9.17) is 4.55 Å². The van der Waals surface area contributed by atoms with E-state index in [9.17, 15) is 8.42 Å². The first-order valence-electron chi connectivity index (χ1n) is 2.33. The van der Waals surface area contributed by atoms with E-state index in [0.29, 0.717) is 6.54 Å². The average molecular weight is 151 g/mol. The molecule has 0 rings (SSSR count). The first kappa shape index (κ1) is 8.61. The van der Waals surface area contributed by atoms with Crippen molar-refractivity contribution in [3.63, 3.8) is 0 Å². The van der Waals surface area contributed by atoms with Gasteiger partial charge < -0.3 is 0 Å². The van der Waals surface area contributed by atoms with Gasteiger partial charge in [-0.05, 0) is 0 Å². The Bertz CT molecular complexity index is 172. The fourth-order valence-corrected chi connectivity index (χ4v) is 0.666. The Labute approximate surface area is 54.3 Å². The monoisotopic (exact) mass is 151 g/mol. The Morgan fingerprint density at radius 1 is 1.67 bits per heavy atom. The molecular formula is C4H9NO3S. The van der Waals surface area contributed by atoms with Crippen LogP contribution in [-0.4, -0.2) is 25.4 Å². The van der Waals surface area contributed by atoms with Crippen LogP contribution < -0.4 is 5.32 Å². The molecule has 0 unspecified atom stereocenters. The summed E-state index contributed by atoms with van der Waals surface area (Å²) in [5, 5.41) is 2.42.